The molecule has 0 spiro atoms. The average Bonchev–Trinajstić information content (AvgIpc) is 3.87. The topological polar surface area (TPSA) is 69.6 Å². The van der Waals surface area contributed by atoms with Gasteiger partial charge in [0, 0.05) is 61.4 Å². The van der Waals surface area contributed by atoms with Gasteiger partial charge in [0.05, 0.1) is 16.7 Å². The van der Waals surface area contributed by atoms with Crippen molar-refractivity contribution in [2.24, 2.45) is 0 Å². The number of aromatic nitrogens is 5. The number of para-hydroxylation sites is 2. The first-order valence-electron chi connectivity index (χ1n) is 21.0. The van der Waals surface area contributed by atoms with Crippen LogP contribution in [0.3, 0.4) is 0 Å². The Morgan fingerprint density at radius 1 is 0.524 bits per heavy atom. The molecule has 0 aliphatic rings. The summed E-state index contributed by atoms with van der Waals surface area (Å²) in [5.41, 5.74) is 13.3. The van der Waals surface area contributed by atoms with E-state index in [0.717, 1.165) is 94.3 Å². The summed E-state index contributed by atoms with van der Waals surface area (Å²) >= 11 is 0. The van der Waals surface area contributed by atoms with Gasteiger partial charge in [-0.2, -0.15) is 0 Å². The lowest BCUT2D eigenvalue weighted by Gasteiger charge is -2.14. The quantitative estimate of drug-likeness (QED) is 0.136. The van der Waals surface area contributed by atoms with Crippen LogP contribution in [0, 0.1) is 6.92 Å². The molecule has 7 aromatic carbocycles. The van der Waals surface area contributed by atoms with E-state index in [1.54, 1.807) is 0 Å². The van der Waals surface area contributed by atoms with Crippen molar-refractivity contribution in [2.75, 3.05) is 0 Å². The molecule has 0 saturated carbocycles. The highest BCUT2D eigenvalue weighted by Gasteiger charge is 2.23. The maximum absolute atomic E-state index is 6.58. The number of pyridine rings is 1. The Morgan fingerprint density at radius 2 is 1.10 bits per heavy atom. The summed E-state index contributed by atoms with van der Waals surface area (Å²) < 4.78 is 8.91. The van der Waals surface area contributed by atoms with E-state index < -0.39 is 0 Å². The Bertz CT molecular complexity index is 3460. The van der Waals surface area contributed by atoms with E-state index in [2.05, 4.69) is 132 Å². The molecule has 0 saturated heterocycles. The van der Waals surface area contributed by atoms with Crippen molar-refractivity contribution in [1.29, 1.82) is 0 Å². The fraction of sp³-hybridized carbons (Fsp3) is 0.0175. The summed E-state index contributed by atoms with van der Waals surface area (Å²) in [5, 5.41) is 3.30. The molecule has 11 aromatic rings. The zero-order valence-corrected chi connectivity index (χ0v) is 34.5. The van der Waals surface area contributed by atoms with Gasteiger partial charge in [0.15, 0.2) is 17.5 Å². The number of rotatable bonds is 9. The molecule has 4 aromatic heterocycles. The van der Waals surface area contributed by atoms with Crippen LogP contribution < -0.4 is 0 Å². The molecule has 0 N–H and O–H groups in total. The van der Waals surface area contributed by atoms with Gasteiger partial charge in [-0.1, -0.05) is 158 Å². The molecule has 6 heteroatoms. The highest BCUT2D eigenvalue weighted by Crippen LogP contribution is 2.42. The summed E-state index contributed by atoms with van der Waals surface area (Å²) in [7, 11) is 0. The van der Waals surface area contributed by atoms with Crippen molar-refractivity contribution in [1.82, 2.24) is 24.5 Å². The van der Waals surface area contributed by atoms with Crippen LogP contribution in [0.25, 0.3) is 107 Å². The van der Waals surface area contributed by atoms with Crippen molar-refractivity contribution in [3.8, 4) is 62.1 Å². The number of allylic oxidation sites excluding steroid dienone is 2. The number of aryl methyl sites for hydroxylation is 1. The number of nitrogens with zero attached hydrogens (tertiary/aromatic N) is 5. The van der Waals surface area contributed by atoms with E-state index in [-0.39, 0.29) is 0 Å². The van der Waals surface area contributed by atoms with Crippen molar-refractivity contribution >= 4 is 44.4 Å². The first kappa shape index (κ1) is 37.5. The molecule has 0 radical (unpaired) electrons. The molecule has 63 heavy (non-hydrogen) atoms. The van der Waals surface area contributed by atoms with E-state index in [1.807, 2.05) is 92.0 Å². The Balaban J connectivity index is 1.16. The predicted molar refractivity (Wildman–Crippen MR) is 258 cm³/mol. The SMILES string of the molecule is C=C/C(=C\c1c(C)oc2ccc3c(c4ccccc4n3-c3ccccc3)c12)c1ncc(-c2cccc(-c3ccccc3)c2)cc1-c1nc(-c2ccccc2)nc(-c2ccccc2)n1. The molecular formula is C57H39N5O. The van der Waals surface area contributed by atoms with Gasteiger partial charge in [0.1, 0.15) is 11.3 Å². The van der Waals surface area contributed by atoms with Gasteiger partial charge in [-0.25, -0.2) is 15.0 Å². The summed E-state index contributed by atoms with van der Waals surface area (Å²) in [6.45, 7) is 6.40. The second-order valence-corrected chi connectivity index (χ2v) is 15.5. The number of benzene rings is 7. The number of fused-ring (bicyclic) bond motifs is 5. The molecule has 0 unspecified atom stereocenters. The Labute approximate surface area is 364 Å². The number of furan rings is 1. The second kappa shape index (κ2) is 15.8. The van der Waals surface area contributed by atoms with Crippen LogP contribution in [-0.4, -0.2) is 24.5 Å². The van der Waals surface area contributed by atoms with E-state index >= 15 is 0 Å². The van der Waals surface area contributed by atoms with Crippen LogP contribution >= 0.6 is 0 Å². The summed E-state index contributed by atoms with van der Waals surface area (Å²) in [6.07, 6.45) is 5.95. The van der Waals surface area contributed by atoms with E-state index in [0.29, 0.717) is 23.2 Å². The molecule has 4 heterocycles. The lowest BCUT2D eigenvalue weighted by molar-refractivity contribution is 0.577. The van der Waals surface area contributed by atoms with E-state index in [9.17, 15) is 0 Å². The third-order valence-electron chi connectivity index (χ3n) is 11.7. The lowest BCUT2D eigenvalue weighted by atomic mass is 9.96. The minimum absolute atomic E-state index is 0.501. The first-order valence-corrected chi connectivity index (χ1v) is 21.0. The van der Waals surface area contributed by atoms with Gasteiger partial charge in [-0.05, 0) is 72.2 Å². The molecule has 0 fully saturated rings. The third kappa shape index (κ3) is 6.80. The molecule has 0 atom stereocenters. The van der Waals surface area contributed by atoms with Gasteiger partial charge in [-0.3, -0.25) is 4.98 Å². The smallest absolute Gasteiger partial charge is 0.166 e. The summed E-state index contributed by atoms with van der Waals surface area (Å²) in [5.74, 6) is 2.43. The van der Waals surface area contributed by atoms with Gasteiger partial charge >= 0.3 is 0 Å². The molecule has 298 valence electrons. The molecule has 0 amide bonds. The van der Waals surface area contributed by atoms with Gasteiger partial charge < -0.3 is 8.98 Å². The Hall–Kier alpha value is -8.48. The fourth-order valence-corrected chi connectivity index (χ4v) is 8.66. The minimum atomic E-state index is 0.501. The van der Waals surface area contributed by atoms with Gasteiger partial charge in [-0.15, -0.1) is 0 Å². The van der Waals surface area contributed by atoms with Crippen LogP contribution in [0.4, 0.5) is 0 Å². The van der Waals surface area contributed by atoms with Crippen molar-refractivity contribution < 1.29 is 4.42 Å². The van der Waals surface area contributed by atoms with Crippen molar-refractivity contribution in [2.45, 2.75) is 6.92 Å². The summed E-state index contributed by atoms with van der Waals surface area (Å²) in [4.78, 5) is 20.7. The average molecular weight is 810 g/mol. The molecular weight excluding hydrogens is 771 g/mol. The van der Waals surface area contributed by atoms with Crippen LogP contribution in [-0.2, 0) is 0 Å². The number of hydrogen-bond donors (Lipinski definition) is 0. The standard InChI is InChI=1S/C57H39N5O/c1-3-38(34-47-37(2)63-51-32-31-50-52(53(47)51)46-29-16-17-30-49(46)62(50)45-27-14-7-15-28-45)54-48(35-44(36-58-54)43-26-18-25-42(33-43)39-19-8-4-9-20-39)57-60-55(40-21-10-5-11-22-40)59-56(61-57)41-23-12-6-13-24-41/h3-36H,1H2,2H3/b38-34+. The zero-order valence-electron chi connectivity index (χ0n) is 34.5. The Kier molecular flexibility index (Phi) is 9.44. The van der Waals surface area contributed by atoms with Crippen LogP contribution in [0.1, 0.15) is 17.0 Å². The molecule has 0 aliphatic carbocycles. The predicted octanol–water partition coefficient (Wildman–Crippen LogP) is 14.5. The highest BCUT2D eigenvalue weighted by molar-refractivity contribution is 6.23. The molecule has 11 rings (SSSR count). The highest BCUT2D eigenvalue weighted by atomic mass is 16.3. The van der Waals surface area contributed by atoms with Gasteiger partial charge in [0.2, 0.25) is 0 Å². The Morgan fingerprint density at radius 3 is 1.76 bits per heavy atom. The molecule has 0 bridgehead atoms. The van der Waals surface area contributed by atoms with Gasteiger partial charge in [0.25, 0.3) is 0 Å². The van der Waals surface area contributed by atoms with E-state index in [4.69, 9.17) is 24.4 Å². The van der Waals surface area contributed by atoms with Crippen LogP contribution in [0.5, 0.6) is 0 Å². The fourth-order valence-electron chi connectivity index (χ4n) is 8.66. The maximum Gasteiger partial charge on any atom is 0.166 e. The second-order valence-electron chi connectivity index (χ2n) is 15.5. The molecule has 0 aliphatic heterocycles. The zero-order chi connectivity index (χ0) is 42.3. The maximum atomic E-state index is 6.58. The molecule has 6 nitrogen and oxygen atoms in total. The summed E-state index contributed by atoms with van der Waals surface area (Å²) in [6, 6.07) is 64.5. The van der Waals surface area contributed by atoms with Crippen LogP contribution in [0.15, 0.2) is 211 Å². The van der Waals surface area contributed by atoms with Crippen molar-refractivity contribution in [3.05, 3.63) is 224 Å². The lowest BCUT2D eigenvalue weighted by Crippen LogP contribution is -2.03. The largest absolute Gasteiger partial charge is 0.461 e. The third-order valence-corrected chi connectivity index (χ3v) is 11.7. The van der Waals surface area contributed by atoms with Crippen LogP contribution in [0.2, 0.25) is 0 Å². The normalized spacial score (nSPS) is 11.7. The number of hydrogen-bond acceptors (Lipinski definition) is 5. The minimum Gasteiger partial charge on any atom is -0.461 e. The first-order chi connectivity index (χ1) is 31.1. The van der Waals surface area contributed by atoms with Crippen molar-refractivity contribution in [3.63, 3.8) is 0 Å². The monoisotopic (exact) mass is 809 g/mol. The van der Waals surface area contributed by atoms with E-state index in [1.165, 1.54) is 0 Å².